The standard InChI is InChI=1S/C24H30N2O3/c1-23(2,3)29-22(28)26-12-9-17(10-13-26)21(27)14-18-6-4-5-7-20(18)24-15-19(24)8-11-25-16-24/h4-8,11,16-17,19H,9-10,12-15H2,1-3H3. The molecule has 0 N–H and O–H groups in total. The molecule has 2 heterocycles. The summed E-state index contributed by atoms with van der Waals surface area (Å²) < 4.78 is 5.45. The van der Waals surface area contributed by atoms with Crippen LogP contribution in [-0.2, 0) is 21.4 Å². The van der Waals surface area contributed by atoms with E-state index in [0.717, 1.165) is 12.0 Å². The number of hydrogen-bond donors (Lipinski definition) is 0. The predicted molar refractivity (Wildman–Crippen MR) is 113 cm³/mol. The van der Waals surface area contributed by atoms with E-state index in [1.807, 2.05) is 33.0 Å². The second-order valence-corrected chi connectivity index (χ2v) is 9.51. The second kappa shape index (κ2) is 7.43. The van der Waals surface area contributed by atoms with E-state index >= 15 is 0 Å². The molecular weight excluding hydrogens is 364 g/mol. The molecule has 154 valence electrons. The van der Waals surface area contributed by atoms with Crippen LogP contribution in [0.1, 0.15) is 51.2 Å². The Morgan fingerprint density at radius 3 is 2.62 bits per heavy atom. The Balaban J connectivity index is 1.38. The molecule has 1 amide bonds. The lowest BCUT2D eigenvalue weighted by molar-refractivity contribution is -0.123. The first kappa shape index (κ1) is 19.9. The van der Waals surface area contributed by atoms with E-state index in [0.29, 0.717) is 38.3 Å². The average Bonchev–Trinajstić information content (AvgIpc) is 3.43. The summed E-state index contributed by atoms with van der Waals surface area (Å²) in [5.41, 5.74) is 1.87. The average molecular weight is 395 g/mol. The monoisotopic (exact) mass is 394 g/mol. The number of ketones is 1. The minimum atomic E-state index is -0.495. The summed E-state index contributed by atoms with van der Waals surface area (Å²) in [4.78, 5) is 31.4. The van der Waals surface area contributed by atoms with Gasteiger partial charge in [0.1, 0.15) is 11.4 Å². The predicted octanol–water partition coefficient (Wildman–Crippen LogP) is 4.30. The van der Waals surface area contributed by atoms with Gasteiger partial charge in [-0.05, 0) is 57.1 Å². The second-order valence-electron chi connectivity index (χ2n) is 9.51. The molecule has 5 heteroatoms. The summed E-state index contributed by atoms with van der Waals surface area (Å²) in [5, 5.41) is 0. The maximum atomic E-state index is 13.0. The minimum absolute atomic E-state index is 0.00823. The fourth-order valence-electron chi connectivity index (χ4n) is 4.57. The van der Waals surface area contributed by atoms with Crippen molar-refractivity contribution in [3.8, 4) is 0 Å². The number of amides is 1. The quantitative estimate of drug-likeness (QED) is 0.765. The molecule has 3 aliphatic rings. The number of likely N-dealkylation sites (tertiary alicyclic amines) is 1. The molecule has 1 saturated carbocycles. The number of fused-ring (bicyclic) bond motifs is 1. The molecule has 0 bridgehead atoms. The van der Waals surface area contributed by atoms with Gasteiger partial charge in [-0.15, -0.1) is 0 Å². The molecule has 2 unspecified atom stereocenters. The number of carbonyl (C=O) groups is 2. The Kier molecular flexibility index (Phi) is 5.09. The van der Waals surface area contributed by atoms with Crippen molar-refractivity contribution in [1.29, 1.82) is 0 Å². The molecule has 0 radical (unpaired) electrons. The van der Waals surface area contributed by atoms with Crippen molar-refractivity contribution in [1.82, 2.24) is 4.90 Å². The number of nitrogens with zero attached hydrogens (tertiary/aromatic N) is 2. The molecule has 29 heavy (non-hydrogen) atoms. The fourth-order valence-corrected chi connectivity index (χ4v) is 4.57. The molecule has 2 aliphatic heterocycles. The van der Waals surface area contributed by atoms with Gasteiger partial charge in [-0.25, -0.2) is 4.79 Å². The lowest BCUT2D eigenvalue weighted by Crippen LogP contribution is -2.43. The first-order chi connectivity index (χ1) is 13.8. The summed E-state index contributed by atoms with van der Waals surface area (Å²) in [6, 6.07) is 8.30. The summed E-state index contributed by atoms with van der Waals surface area (Å²) >= 11 is 0. The van der Waals surface area contributed by atoms with Crippen molar-refractivity contribution < 1.29 is 14.3 Å². The number of benzene rings is 1. The third-order valence-electron chi connectivity index (χ3n) is 6.25. The van der Waals surface area contributed by atoms with E-state index in [2.05, 4.69) is 35.5 Å². The molecular formula is C24H30N2O3. The number of allylic oxidation sites excluding steroid dienone is 1. The molecule has 0 spiro atoms. The summed E-state index contributed by atoms with van der Waals surface area (Å²) in [6.07, 6.45) is 8.77. The van der Waals surface area contributed by atoms with Gasteiger partial charge < -0.3 is 9.64 Å². The van der Waals surface area contributed by atoms with Crippen LogP contribution in [0.25, 0.3) is 0 Å². The van der Waals surface area contributed by atoms with Crippen LogP contribution in [0, 0.1) is 11.8 Å². The Hall–Kier alpha value is -2.43. The van der Waals surface area contributed by atoms with Gasteiger partial charge in [0.25, 0.3) is 0 Å². The Morgan fingerprint density at radius 2 is 1.93 bits per heavy atom. The van der Waals surface area contributed by atoms with E-state index in [9.17, 15) is 9.59 Å². The van der Waals surface area contributed by atoms with Crippen LogP contribution >= 0.6 is 0 Å². The maximum absolute atomic E-state index is 13.0. The van der Waals surface area contributed by atoms with Crippen LogP contribution in [0.4, 0.5) is 4.79 Å². The molecule has 1 saturated heterocycles. The maximum Gasteiger partial charge on any atom is 0.410 e. The van der Waals surface area contributed by atoms with Crippen LogP contribution in [-0.4, -0.2) is 41.7 Å². The van der Waals surface area contributed by atoms with Crippen LogP contribution in [0.2, 0.25) is 0 Å². The Bertz CT molecular complexity index is 859. The third-order valence-corrected chi connectivity index (χ3v) is 6.25. The molecule has 2 atom stereocenters. The molecule has 0 aromatic heterocycles. The van der Waals surface area contributed by atoms with Gasteiger partial charge >= 0.3 is 6.09 Å². The van der Waals surface area contributed by atoms with Crippen molar-refractivity contribution in [2.75, 3.05) is 13.1 Å². The Labute approximate surface area is 172 Å². The number of piperidine rings is 1. The van der Waals surface area contributed by atoms with Crippen LogP contribution in [0.15, 0.2) is 41.5 Å². The zero-order valence-electron chi connectivity index (χ0n) is 17.6. The topological polar surface area (TPSA) is 59.0 Å². The first-order valence-electron chi connectivity index (χ1n) is 10.6. The SMILES string of the molecule is CC(C)(C)OC(=O)N1CCC(C(=O)Cc2ccccc2C23C=NC=CC2C3)CC1. The summed E-state index contributed by atoms with van der Waals surface area (Å²) in [5.74, 6) is 0.792. The largest absolute Gasteiger partial charge is 0.444 e. The van der Waals surface area contributed by atoms with Gasteiger partial charge in [0.05, 0.1) is 0 Å². The summed E-state index contributed by atoms with van der Waals surface area (Å²) in [7, 11) is 0. The van der Waals surface area contributed by atoms with Gasteiger partial charge in [0.2, 0.25) is 0 Å². The highest BCUT2D eigenvalue weighted by atomic mass is 16.6. The lowest BCUT2D eigenvalue weighted by atomic mass is 9.84. The van der Waals surface area contributed by atoms with E-state index in [1.165, 1.54) is 5.56 Å². The van der Waals surface area contributed by atoms with Gasteiger partial charge in [0, 0.05) is 43.3 Å². The van der Waals surface area contributed by atoms with Crippen molar-refractivity contribution in [3.63, 3.8) is 0 Å². The first-order valence-corrected chi connectivity index (χ1v) is 10.6. The van der Waals surface area contributed by atoms with Crippen LogP contribution < -0.4 is 0 Å². The number of rotatable bonds is 4. The molecule has 1 aliphatic carbocycles. The Morgan fingerprint density at radius 1 is 1.21 bits per heavy atom. The van der Waals surface area contributed by atoms with Crippen molar-refractivity contribution in [2.24, 2.45) is 16.8 Å². The number of Topliss-reactive ketones (excluding diaryl/α,β-unsaturated/α-hetero) is 1. The lowest BCUT2D eigenvalue weighted by Gasteiger charge is -2.33. The zero-order chi connectivity index (χ0) is 20.6. The number of hydrogen-bond acceptors (Lipinski definition) is 4. The highest BCUT2D eigenvalue weighted by Crippen LogP contribution is 2.56. The van der Waals surface area contributed by atoms with Crippen LogP contribution in [0.3, 0.4) is 0 Å². The highest BCUT2D eigenvalue weighted by molar-refractivity contribution is 5.86. The minimum Gasteiger partial charge on any atom is -0.444 e. The van der Waals surface area contributed by atoms with Crippen LogP contribution in [0.5, 0.6) is 0 Å². The molecule has 1 aromatic rings. The van der Waals surface area contributed by atoms with Gasteiger partial charge in [-0.1, -0.05) is 30.3 Å². The third kappa shape index (κ3) is 4.14. The van der Waals surface area contributed by atoms with Gasteiger partial charge in [-0.3, -0.25) is 9.79 Å². The van der Waals surface area contributed by atoms with Crippen molar-refractivity contribution in [3.05, 3.63) is 47.7 Å². The molecule has 5 nitrogen and oxygen atoms in total. The van der Waals surface area contributed by atoms with Gasteiger partial charge in [0.15, 0.2) is 0 Å². The molecule has 2 fully saturated rings. The summed E-state index contributed by atoms with van der Waals surface area (Å²) in [6.45, 7) is 6.77. The fraction of sp³-hybridized carbons (Fsp3) is 0.542. The van der Waals surface area contributed by atoms with E-state index in [1.54, 1.807) is 4.90 Å². The molecule has 1 aromatic carbocycles. The van der Waals surface area contributed by atoms with Gasteiger partial charge in [-0.2, -0.15) is 0 Å². The van der Waals surface area contributed by atoms with E-state index in [-0.39, 0.29) is 23.2 Å². The number of carbonyl (C=O) groups excluding carboxylic acids is 2. The number of aliphatic imine (C=N–C) groups is 1. The smallest absolute Gasteiger partial charge is 0.410 e. The van der Waals surface area contributed by atoms with Crippen molar-refractivity contribution in [2.45, 2.75) is 57.5 Å². The molecule has 4 rings (SSSR count). The zero-order valence-corrected chi connectivity index (χ0v) is 17.6. The normalized spacial score (nSPS) is 26.2. The van der Waals surface area contributed by atoms with Crippen molar-refractivity contribution >= 4 is 18.1 Å². The number of ether oxygens (including phenoxy) is 1. The van der Waals surface area contributed by atoms with E-state index < -0.39 is 5.60 Å². The van der Waals surface area contributed by atoms with E-state index in [4.69, 9.17) is 4.74 Å². The highest BCUT2D eigenvalue weighted by Gasteiger charge is 2.54.